The Morgan fingerprint density at radius 3 is 2.67 bits per heavy atom. The second-order valence-corrected chi connectivity index (χ2v) is 5.97. The molecular formula is C18H26N4O2. The standard InChI is InChI=1S/C18H26N4O2/c1-4-17(23)13-22(12-15-8-6-5-7-9-15)18(24)19-10-16-11-20-21(3)14(16)2/h5-9,11,17,23H,4,10,12-13H2,1-3H3,(H,19,24). The number of amides is 2. The van der Waals surface area contributed by atoms with Crippen molar-refractivity contribution in [2.45, 2.75) is 39.5 Å². The Labute approximate surface area is 143 Å². The van der Waals surface area contributed by atoms with Crippen LogP contribution in [0.1, 0.15) is 30.2 Å². The molecule has 1 heterocycles. The van der Waals surface area contributed by atoms with Gasteiger partial charge >= 0.3 is 6.03 Å². The van der Waals surface area contributed by atoms with Crippen molar-refractivity contribution >= 4 is 6.03 Å². The summed E-state index contributed by atoms with van der Waals surface area (Å²) in [7, 11) is 1.87. The van der Waals surface area contributed by atoms with Crippen LogP contribution in [0.15, 0.2) is 36.5 Å². The van der Waals surface area contributed by atoms with Crippen molar-refractivity contribution in [1.82, 2.24) is 20.0 Å². The number of aryl methyl sites for hydroxylation is 1. The number of aromatic nitrogens is 2. The van der Waals surface area contributed by atoms with Gasteiger partial charge in [0.25, 0.3) is 0 Å². The molecule has 0 spiro atoms. The van der Waals surface area contributed by atoms with Crippen molar-refractivity contribution in [2.75, 3.05) is 6.54 Å². The minimum Gasteiger partial charge on any atom is -0.391 e. The average molecular weight is 330 g/mol. The molecule has 1 unspecified atom stereocenters. The number of nitrogens with one attached hydrogen (secondary N) is 1. The van der Waals surface area contributed by atoms with Crippen LogP contribution in [0.25, 0.3) is 0 Å². The monoisotopic (exact) mass is 330 g/mol. The van der Waals surface area contributed by atoms with Crippen LogP contribution in [-0.2, 0) is 20.1 Å². The summed E-state index contributed by atoms with van der Waals surface area (Å²) in [5.41, 5.74) is 3.05. The molecule has 0 aliphatic heterocycles. The van der Waals surface area contributed by atoms with E-state index in [0.717, 1.165) is 16.8 Å². The van der Waals surface area contributed by atoms with Crippen molar-refractivity contribution in [3.05, 3.63) is 53.3 Å². The van der Waals surface area contributed by atoms with Gasteiger partial charge < -0.3 is 15.3 Å². The zero-order valence-corrected chi connectivity index (χ0v) is 14.6. The number of hydrogen-bond acceptors (Lipinski definition) is 3. The Morgan fingerprint density at radius 1 is 1.38 bits per heavy atom. The number of benzene rings is 1. The lowest BCUT2D eigenvalue weighted by atomic mass is 10.2. The number of carbonyl (C=O) groups is 1. The quantitative estimate of drug-likeness (QED) is 0.818. The molecule has 2 rings (SSSR count). The smallest absolute Gasteiger partial charge is 0.318 e. The van der Waals surface area contributed by atoms with Crippen molar-refractivity contribution < 1.29 is 9.90 Å². The first-order valence-electron chi connectivity index (χ1n) is 8.23. The molecule has 2 aromatic rings. The molecule has 6 heteroatoms. The molecule has 0 aliphatic rings. The average Bonchev–Trinajstić information content (AvgIpc) is 2.91. The van der Waals surface area contributed by atoms with E-state index in [0.29, 0.717) is 26.1 Å². The van der Waals surface area contributed by atoms with E-state index >= 15 is 0 Å². The highest BCUT2D eigenvalue weighted by Gasteiger charge is 2.17. The molecule has 0 radical (unpaired) electrons. The van der Waals surface area contributed by atoms with Gasteiger partial charge in [0, 0.05) is 37.9 Å². The van der Waals surface area contributed by atoms with Crippen molar-refractivity contribution in [3.63, 3.8) is 0 Å². The second-order valence-electron chi connectivity index (χ2n) is 5.97. The molecule has 0 saturated carbocycles. The summed E-state index contributed by atoms with van der Waals surface area (Å²) in [4.78, 5) is 14.2. The first kappa shape index (κ1) is 18.0. The fourth-order valence-electron chi connectivity index (χ4n) is 2.41. The van der Waals surface area contributed by atoms with Crippen LogP contribution < -0.4 is 5.32 Å². The van der Waals surface area contributed by atoms with Gasteiger partial charge in [0.1, 0.15) is 0 Å². The molecule has 6 nitrogen and oxygen atoms in total. The van der Waals surface area contributed by atoms with Crippen molar-refractivity contribution in [1.29, 1.82) is 0 Å². The molecular weight excluding hydrogens is 304 g/mol. The van der Waals surface area contributed by atoms with Crippen LogP contribution >= 0.6 is 0 Å². The van der Waals surface area contributed by atoms with Gasteiger partial charge in [0.2, 0.25) is 0 Å². The molecule has 1 aromatic carbocycles. The molecule has 1 atom stereocenters. The van der Waals surface area contributed by atoms with Gasteiger partial charge in [-0.05, 0) is 18.9 Å². The van der Waals surface area contributed by atoms with Gasteiger partial charge in [0.05, 0.1) is 12.3 Å². The first-order valence-corrected chi connectivity index (χ1v) is 8.23. The van der Waals surface area contributed by atoms with Gasteiger partial charge in [-0.3, -0.25) is 4.68 Å². The predicted molar refractivity (Wildman–Crippen MR) is 93.3 cm³/mol. The van der Waals surface area contributed by atoms with E-state index in [1.807, 2.05) is 51.2 Å². The lowest BCUT2D eigenvalue weighted by Crippen LogP contribution is -2.43. The van der Waals surface area contributed by atoms with E-state index in [2.05, 4.69) is 10.4 Å². The number of nitrogens with zero attached hydrogens (tertiary/aromatic N) is 3. The van der Waals surface area contributed by atoms with E-state index in [-0.39, 0.29) is 6.03 Å². The summed E-state index contributed by atoms with van der Waals surface area (Å²) in [5, 5.41) is 17.1. The molecule has 130 valence electrons. The number of hydrogen-bond donors (Lipinski definition) is 2. The fraction of sp³-hybridized carbons (Fsp3) is 0.444. The first-order chi connectivity index (χ1) is 11.5. The third-order valence-electron chi connectivity index (χ3n) is 4.17. The van der Waals surface area contributed by atoms with E-state index < -0.39 is 6.10 Å². The van der Waals surface area contributed by atoms with Crippen LogP contribution in [0.4, 0.5) is 4.79 Å². The Balaban J connectivity index is 2.01. The van der Waals surface area contributed by atoms with Gasteiger partial charge in [-0.2, -0.15) is 5.10 Å². The lowest BCUT2D eigenvalue weighted by molar-refractivity contribution is 0.114. The topological polar surface area (TPSA) is 70.4 Å². The zero-order valence-electron chi connectivity index (χ0n) is 14.6. The van der Waals surface area contributed by atoms with E-state index in [1.54, 1.807) is 15.8 Å². The molecule has 0 fully saturated rings. The summed E-state index contributed by atoms with van der Waals surface area (Å²) in [5.74, 6) is 0. The molecule has 2 N–H and O–H groups in total. The third kappa shape index (κ3) is 4.83. The minimum absolute atomic E-state index is 0.186. The van der Waals surface area contributed by atoms with Gasteiger partial charge in [-0.1, -0.05) is 37.3 Å². The highest BCUT2D eigenvalue weighted by atomic mass is 16.3. The van der Waals surface area contributed by atoms with Crippen LogP contribution in [0, 0.1) is 6.92 Å². The normalized spacial score (nSPS) is 12.0. The summed E-state index contributed by atoms with van der Waals surface area (Å²) in [6, 6.07) is 9.60. The highest BCUT2D eigenvalue weighted by molar-refractivity contribution is 5.74. The molecule has 0 bridgehead atoms. The molecule has 1 aromatic heterocycles. The summed E-state index contributed by atoms with van der Waals surface area (Å²) >= 11 is 0. The number of rotatable bonds is 7. The SMILES string of the molecule is CCC(O)CN(Cc1ccccc1)C(=O)NCc1cnn(C)c1C. The Kier molecular flexibility index (Phi) is 6.37. The Bertz CT molecular complexity index is 654. The van der Waals surface area contributed by atoms with E-state index in [1.165, 1.54) is 0 Å². The Morgan fingerprint density at radius 2 is 2.08 bits per heavy atom. The third-order valence-corrected chi connectivity index (χ3v) is 4.17. The second kappa shape index (κ2) is 8.49. The molecule has 0 saturated heterocycles. The summed E-state index contributed by atoms with van der Waals surface area (Å²) in [6.07, 6.45) is 1.85. The van der Waals surface area contributed by atoms with Gasteiger partial charge in [-0.15, -0.1) is 0 Å². The van der Waals surface area contributed by atoms with Crippen LogP contribution in [-0.4, -0.2) is 38.5 Å². The number of urea groups is 1. The maximum Gasteiger partial charge on any atom is 0.318 e. The van der Waals surface area contributed by atoms with Crippen LogP contribution in [0.2, 0.25) is 0 Å². The van der Waals surface area contributed by atoms with E-state index in [9.17, 15) is 9.90 Å². The minimum atomic E-state index is -0.528. The molecule has 2 amide bonds. The summed E-state index contributed by atoms with van der Waals surface area (Å²) in [6.45, 7) is 5.07. The molecule has 24 heavy (non-hydrogen) atoms. The fourth-order valence-corrected chi connectivity index (χ4v) is 2.41. The van der Waals surface area contributed by atoms with Crippen molar-refractivity contribution in [2.24, 2.45) is 7.05 Å². The maximum absolute atomic E-state index is 12.6. The largest absolute Gasteiger partial charge is 0.391 e. The highest BCUT2D eigenvalue weighted by Crippen LogP contribution is 2.09. The van der Waals surface area contributed by atoms with Gasteiger partial charge in [-0.25, -0.2) is 4.79 Å². The van der Waals surface area contributed by atoms with Crippen LogP contribution in [0.5, 0.6) is 0 Å². The maximum atomic E-state index is 12.6. The predicted octanol–water partition coefficient (Wildman–Crippen LogP) is 2.21. The lowest BCUT2D eigenvalue weighted by Gasteiger charge is -2.25. The van der Waals surface area contributed by atoms with Crippen LogP contribution in [0.3, 0.4) is 0 Å². The number of aliphatic hydroxyl groups excluding tert-OH is 1. The number of carbonyl (C=O) groups excluding carboxylic acids is 1. The van der Waals surface area contributed by atoms with Crippen molar-refractivity contribution in [3.8, 4) is 0 Å². The number of aliphatic hydroxyl groups is 1. The zero-order chi connectivity index (χ0) is 17.5. The Hall–Kier alpha value is -2.34. The summed E-state index contributed by atoms with van der Waals surface area (Å²) < 4.78 is 1.78. The van der Waals surface area contributed by atoms with Gasteiger partial charge in [0.15, 0.2) is 0 Å². The van der Waals surface area contributed by atoms with E-state index in [4.69, 9.17) is 0 Å². The molecule has 0 aliphatic carbocycles.